The number of benzene rings is 2. The third-order valence-corrected chi connectivity index (χ3v) is 7.57. The number of piperidine rings is 2. The molecule has 2 aliphatic heterocycles. The van der Waals surface area contributed by atoms with Crippen molar-refractivity contribution in [1.82, 2.24) is 10.2 Å². The molecule has 0 unspecified atom stereocenters. The highest BCUT2D eigenvalue weighted by atomic mass is 19.4. The number of carbonyl (C=O) groups is 2. The Kier molecular flexibility index (Phi) is 6.66. The van der Waals surface area contributed by atoms with Crippen molar-refractivity contribution in [2.45, 2.75) is 43.9 Å². The Balaban J connectivity index is 1.63. The summed E-state index contributed by atoms with van der Waals surface area (Å²) in [4.78, 5) is 27.0. The standard InChI is InChI=1S/C26H28F4N2O3/c1-17-14-18(8-9-21(17)27)20-16-31-22(33)15-24(20)10-12-32(13-11-24)23(34)25(35-2,26(28,29)30)19-6-4-3-5-7-19/h3-9,14,20H,10-13,15-16H2,1-2H3,(H,31,33)/t20-,25+/m0/s1. The van der Waals surface area contributed by atoms with Crippen molar-refractivity contribution in [2.75, 3.05) is 26.7 Å². The van der Waals surface area contributed by atoms with Crippen molar-refractivity contribution in [3.63, 3.8) is 0 Å². The summed E-state index contributed by atoms with van der Waals surface area (Å²) < 4.78 is 61.9. The third-order valence-electron chi connectivity index (χ3n) is 7.57. The number of rotatable bonds is 4. The number of methoxy groups -OCH3 is 1. The number of carbonyl (C=O) groups excluding carboxylic acids is 2. The smallest absolute Gasteiger partial charge is 0.356 e. The molecule has 35 heavy (non-hydrogen) atoms. The van der Waals surface area contributed by atoms with Crippen LogP contribution in [0, 0.1) is 18.2 Å². The Morgan fingerprint density at radius 2 is 1.77 bits per heavy atom. The molecule has 2 atom stereocenters. The first-order valence-electron chi connectivity index (χ1n) is 11.5. The molecular weight excluding hydrogens is 464 g/mol. The minimum absolute atomic E-state index is 0.0524. The molecule has 5 nitrogen and oxygen atoms in total. The monoisotopic (exact) mass is 492 g/mol. The van der Waals surface area contributed by atoms with Crippen LogP contribution >= 0.6 is 0 Å². The highest BCUT2D eigenvalue weighted by molar-refractivity contribution is 5.88. The molecule has 0 aromatic heterocycles. The summed E-state index contributed by atoms with van der Waals surface area (Å²) >= 11 is 0. The predicted octanol–water partition coefficient (Wildman–Crippen LogP) is 4.45. The van der Waals surface area contributed by atoms with Crippen LogP contribution in [0.25, 0.3) is 0 Å². The van der Waals surface area contributed by atoms with Gasteiger partial charge in [0.1, 0.15) is 5.82 Å². The van der Waals surface area contributed by atoms with Gasteiger partial charge in [-0.2, -0.15) is 13.2 Å². The lowest BCUT2D eigenvalue weighted by Crippen LogP contribution is -2.60. The fraction of sp³-hybridized carbons (Fsp3) is 0.462. The van der Waals surface area contributed by atoms with Gasteiger partial charge in [0, 0.05) is 44.6 Å². The molecule has 2 fully saturated rings. The zero-order valence-corrected chi connectivity index (χ0v) is 19.6. The maximum Gasteiger partial charge on any atom is 0.430 e. The van der Waals surface area contributed by atoms with E-state index in [9.17, 15) is 27.2 Å². The number of alkyl halides is 3. The van der Waals surface area contributed by atoms with Gasteiger partial charge in [0.2, 0.25) is 5.91 Å². The van der Waals surface area contributed by atoms with E-state index in [1.54, 1.807) is 25.1 Å². The molecule has 1 spiro atoms. The lowest BCUT2D eigenvalue weighted by Gasteiger charge is -2.50. The highest BCUT2D eigenvalue weighted by Gasteiger charge is 2.64. The number of likely N-dealkylation sites (tertiary alicyclic amines) is 1. The average molecular weight is 493 g/mol. The van der Waals surface area contributed by atoms with Gasteiger partial charge in [-0.05, 0) is 42.4 Å². The molecule has 2 aliphatic rings. The number of ether oxygens (including phenoxy) is 1. The summed E-state index contributed by atoms with van der Waals surface area (Å²) in [6.07, 6.45) is -4.09. The summed E-state index contributed by atoms with van der Waals surface area (Å²) in [5.74, 6) is -1.76. The third kappa shape index (κ3) is 4.30. The second kappa shape index (κ2) is 9.26. The Morgan fingerprint density at radius 1 is 1.11 bits per heavy atom. The molecular formula is C26H28F4N2O3. The van der Waals surface area contributed by atoms with Crippen LogP contribution in [-0.2, 0) is 19.9 Å². The average Bonchev–Trinajstić information content (AvgIpc) is 2.82. The first-order valence-corrected chi connectivity index (χ1v) is 11.5. The minimum Gasteiger partial charge on any atom is -0.356 e. The zero-order chi connectivity index (χ0) is 25.4. The molecule has 2 aromatic carbocycles. The van der Waals surface area contributed by atoms with E-state index in [2.05, 4.69) is 5.32 Å². The molecule has 0 bridgehead atoms. The molecule has 2 aromatic rings. The molecule has 0 aliphatic carbocycles. The van der Waals surface area contributed by atoms with Gasteiger partial charge in [0.05, 0.1) is 0 Å². The Morgan fingerprint density at radius 3 is 2.34 bits per heavy atom. The normalized spacial score (nSPS) is 21.9. The summed E-state index contributed by atoms with van der Waals surface area (Å²) in [5.41, 5.74) is -2.58. The number of halogens is 4. The number of amides is 2. The van der Waals surface area contributed by atoms with E-state index in [1.165, 1.54) is 35.2 Å². The van der Waals surface area contributed by atoms with E-state index >= 15 is 0 Å². The van der Waals surface area contributed by atoms with Gasteiger partial charge in [-0.25, -0.2) is 4.39 Å². The predicted molar refractivity (Wildman–Crippen MR) is 121 cm³/mol. The van der Waals surface area contributed by atoms with Crippen LogP contribution in [0.1, 0.15) is 41.9 Å². The summed E-state index contributed by atoms with van der Waals surface area (Å²) in [6, 6.07) is 11.7. The quantitative estimate of drug-likeness (QED) is 0.642. The van der Waals surface area contributed by atoms with Gasteiger partial charge in [0.25, 0.3) is 11.5 Å². The van der Waals surface area contributed by atoms with Crippen molar-refractivity contribution in [2.24, 2.45) is 5.41 Å². The van der Waals surface area contributed by atoms with Crippen LogP contribution in [0.4, 0.5) is 17.6 Å². The van der Waals surface area contributed by atoms with Crippen molar-refractivity contribution >= 4 is 11.8 Å². The number of nitrogens with zero attached hydrogens (tertiary/aromatic N) is 1. The summed E-state index contributed by atoms with van der Waals surface area (Å²) in [7, 11) is 0.891. The largest absolute Gasteiger partial charge is 0.430 e. The van der Waals surface area contributed by atoms with E-state index in [0.717, 1.165) is 12.7 Å². The minimum atomic E-state index is -4.98. The first kappa shape index (κ1) is 25.2. The van der Waals surface area contributed by atoms with Crippen molar-refractivity contribution < 1.29 is 31.9 Å². The van der Waals surface area contributed by atoms with Crippen LogP contribution in [0.5, 0.6) is 0 Å². The van der Waals surface area contributed by atoms with Crippen LogP contribution < -0.4 is 5.32 Å². The van der Waals surface area contributed by atoms with E-state index in [0.29, 0.717) is 24.9 Å². The fourth-order valence-corrected chi connectivity index (χ4v) is 5.60. The summed E-state index contributed by atoms with van der Waals surface area (Å²) in [6.45, 7) is 2.12. The van der Waals surface area contributed by atoms with Crippen LogP contribution in [0.15, 0.2) is 48.5 Å². The highest BCUT2D eigenvalue weighted by Crippen LogP contribution is 2.50. The molecule has 188 valence electrons. The van der Waals surface area contributed by atoms with Crippen molar-refractivity contribution in [3.05, 3.63) is 71.0 Å². The van der Waals surface area contributed by atoms with Gasteiger partial charge >= 0.3 is 6.18 Å². The summed E-state index contributed by atoms with van der Waals surface area (Å²) in [5, 5.41) is 2.86. The molecule has 9 heteroatoms. The molecule has 0 radical (unpaired) electrons. The van der Waals surface area contributed by atoms with E-state index < -0.39 is 23.1 Å². The van der Waals surface area contributed by atoms with Gasteiger partial charge in [0.15, 0.2) is 0 Å². The zero-order valence-electron chi connectivity index (χ0n) is 19.6. The SMILES string of the molecule is CO[C@@](C(=O)N1CCC2(CC1)CC(=O)NC[C@H]2c1ccc(F)c(C)c1)(c1ccccc1)C(F)(F)F. The second-order valence-corrected chi connectivity index (χ2v) is 9.45. The van der Waals surface area contributed by atoms with Crippen LogP contribution in [0.3, 0.4) is 0 Å². The number of hydrogen-bond acceptors (Lipinski definition) is 3. The van der Waals surface area contributed by atoms with E-state index in [4.69, 9.17) is 4.74 Å². The molecule has 2 heterocycles. The van der Waals surface area contributed by atoms with Gasteiger partial charge in [-0.15, -0.1) is 0 Å². The van der Waals surface area contributed by atoms with Crippen LogP contribution in [0.2, 0.25) is 0 Å². The maximum atomic E-state index is 14.4. The Hall–Kier alpha value is -2.94. The van der Waals surface area contributed by atoms with Gasteiger partial charge in [-0.1, -0.05) is 42.5 Å². The van der Waals surface area contributed by atoms with Crippen molar-refractivity contribution in [1.29, 1.82) is 0 Å². The molecule has 4 rings (SSSR count). The molecule has 2 saturated heterocycles. The lowest BCUT2D eigenvalue weighted by atomic mass is 9.62. The van der Waals surface area contributed by atoms with E-state index in [-0.39, 0.29) is 42.7 Å². The first-order chi connectivity index (χ1) is 16.5. The molecule has 0 saturated carbocycles. The van der Waals surface area contributed by atoms with Crippen LogP contribution in [-0.4, -0.2) is 49.6 Å². The van der Waals surface area contributed by atoms with Gasteiger partial charge < -0.3 is 15.0 Å². The molecule has 2 amide bonds. The lowest BCUT2D eigenvalue weighted by molar-refractivity contribution is -0.271. The topological polar surface area (TPSA) is 58.6 Å². The Bertz CT molecular complexity index is 1100. The number of nitrogens with one attached hydrogen (secondary N) is 1. The number of aryl methyl sites for hydroxylation is 1. The van der Waals surface area contributed by atoms with E-state index in [1.807, 2.05) is 0 Å². The van der Waals surface area contributed by atoms with Gasteiger partial charge in [-0.3, -0.25) is 9.59 Å². The Labute approximate surface area is 201 Å². The maximum absolute atomic E-state index is 14.4. The fourth-order valence-electron chi connectivity index (χ4n) is 5.60. The molecule has 1 N–H and O–H groups in total. The van der Waals surface area contributed by atoms with Crippen molar-refractivity contribution in [3.8, 4) is 0 Å². The second-order valence-electron chi connectivity index (χ2n) is 9.45. The number of hydrogen-bond donors (Lipinski definition) is 1.